The van der Waals surface area contributed by atoms with Crippen molar-refractivity contribution in [1.82, 2.24) is 4.98 Å². The quantitative estimate of drug-likeness (QED) is 0.702. The van der Waals surface area contributed by atoms with Crippen molar-refractivity contribution in [3.05, 3.63) is 66.1 Å². The summed E-state index contributed by atoms with van der Waals surface area (Å²) in [4.78, 5) is 4.49. The number of hydrogen-bond donors (Lipinski definition) is 0. The molecular formula is C20H19NO3. The van der Waals surface area contributed by atoms with Gasteiger partial charge in [-0.25, -0.2) is 4.98 Å². The normalized spacial score (nSPS) is 14.9. The highest BCUT2D eigenvalue weighted by Gasteiger charge is 2.32. The van der Waals surface area contributed by atoms with E-state index < -0.39 is 0 Å². The van der Waals surface area contributed by atoms with Gasteiger partial charge in [0.2, 0.25) is 5.89 Å². The van der Waals surface area contributed by atoms with Crippen LogP contribution in [-0.2, 0) is 13.0 Å². The van der Waals surface area contributed by atoms with Crippen molar-refractivity contribution in [2.24, 2.45) is 0 Å². The van der Waals surface area contributed by atoms with Gasteiger partial charge < -0.3 is 13.9 Å². The lowest BCUT2D eigenvalue weighted by atomic mass is 10.0. The number of hydrogen-bond acceptors (Lipinski definition) is 4. The van der Waals surface area contributed by atoms with Gasteiger partial charge in [0.15, 0.2) is 11.5 Å². The largest absolute Gasteiger partial charge is 0.483 e. The van der Waals surface area contributed by atoms with Gasteiger partial charge in [-0.15, -0.1) is 0 Å². The average molecular weight is 321 g/mol. The van der Waals surface area contributed by atoms with Crippen LogP contribution in [0.5, 0.6) is 11.5 Å². The number of aromatic nitrogens is 1. The minimum absolute atomic E-state index is 0.184. The zero-order valence-corrected chi connectivity index (χ0v) is 13.8. The van der Waals surface area contributed by atoms with Gasteiger partial charge in [-0.3, -0.25) is 0 Å². The Bertz CT molecular complexity index is 852. The molecule has 0 saturated carbocycles. The Hall–Kier alpha value is -2.75. The van der Waals surface area contributed by atoms with Crippen LogP contribution in [-0.4, -0.2) is 10.6 Å². The summed E-state index contributed by atoms with van der Waals surface area (Å²) < 4.78 is 17.5. The molecule has 1 aromatic heterocycles. The number of fused-ring (bicyclic) bond motifs is 1. The summed E-state index contributed by atoms with van der Waals surface area (Å²) in [5.41, 5.74) is 2.71. The smallest absolute Gasteiger partial charge is 0.226 e. The van der Waals surface area contributed by atoms with Crippen LogP contribution < -0.4 is 9.47 Å². The molecule has 1 aliphatic rings. The number of rotatable bonds is 4. The molecule has 2 aromatic carbocycles. The van der Waals surface area contributed by atoms with E-state index in [1.165, 1.54) is 5.56 Å². The highest BCUT2D eigenvalue weighted by atomic mass is 16.5. The van der Waals surface area contributed by atoms with Crippen molar-refractivity contribution in [1.29, 1.82) is 0 Å². The summed E-state index contributed by atoms with van der Waals surface area (Å²) in [6, 6.07) is 15.8. The predicted octanol–water partition coefficient (Wildman–Crippen LogP) is 4.63. The molecule has 4 heteroatoms. The number of benzene rings is 2. The van der Waals surface area contributed by atoms with Gasteiger partial charge in [0.25, 0.3) is 0 Å². The molecule has 4 rings (SSSR count). The molecule has 0 bridgehead atoms. The maximum Gasteiger partial charge on any atom is 0.226 e. The van der Waals surface area contributed by atoms with Crippen LogP contribution in [0.25, 0.3) is 11.5 Å². The van der Waals surface area contributed by atoms with E-state index in [0.29, 0.717) is 12.5 Å². The molecule has 2 heterocycles. The van der Waals surface area contributed by atoms with Gasteiger partial charge in [0, 0.05) is 17.5 Å². The second-order valence-electron chi connectivity index (χ2n) is 6.58. The molecule has 0 saturated heterocycles. The van der Waals surface area contributed by atoms with Gasteiger partial charge >= 0.3 is 0 Å². The van der Waals surface area contributed by atoms with Crippen molar-refractivity contribution in [3.8, 4) is 23.0 Å². The number of nitrogens with zero attached hydrogens (tertiary/aromatic N) is 1. The van der Waals surface area contributed by atoms with E-state index in [2.05, 4.69) is 24.9 Å². The second-order valence-corrected chi connectivity index (χ2v) is 6.58. The third-order valence-electron chi connectivity index (χ3n) is 4.00. The van der Waals surface area contributed by atoms with Gasteiger partial charge in [0.1, 0.15) is 24.2 Å². The predicted molar refractivity (Wildman–Crippen MR) is 91.1 cm³/mol. The van der Waals surface area contributed by atoms with Crippen molar-refractivity contribution in [2.75, 3.05) is 0 Å². The third kappa shape index (κ3) is 2.87. The maximum absolute atomic E-state index is 6.02. The lowest BCUT2D eigenvalue weighted by Gasteiger charge is -2.18. The molecule has 0 unspecified atom stereocenters. The fraction of sp³-hybridized carbons (Fsp3) is 0.250. The zero-order valence-electron chi connectivity index (χ0n) is 13.8. The standard InChI is InChI=1S/C20H19NO3/c1-20(2)11-15-9-6-10-17(18(15)24-20)22-12-16-13-23-19(21-16)14-7-4-3-5-8-14/h3-10,13H,11-12H2,1-2H3. The second kappa shape index (κ2) is 5.71. The van der Waals surface area contributed by atoms with Crippen molar-refractivity contribution < 1.29 is 13.9 Å². The first-order chi connectivity index (χ1) is 11.6. The summed E-state index contributed by atoms with van der Waals surface area (Å²) in [6.45, 7) is 4.51. The topological polar surface area (TPSA) is 44.5 Å². The van der Waals surface area contributed by atoms with Crippen molar-refractivity contribution >= 4 is 0 Å². The highest BCUT2D eigenvalue weighted by Crippen LogP contribution is 2.41. The van der Waals surface area contributed by atoms with Gasteiger partial charge in [-0.2, -0.15) is 0 Å². The fourth-order valence-electron chi connectivity index (χ4n) is 2.94. The van der Waals surface area contributed by atoms with Crippen molar-refractivity contribution in [3.63, 3.8) is 0 Å². The van der Waals surface area contributed by atoms with Crippen LogP contribution in [0.4, 0.5) is 0 Å². The SMILES string of the molecule is CC1(C)Cc2cccc(OCc3coc(-c4ccccc4)n3)c2O1. The molecule has 0 radical (unpaired) electrons. The van der Waals surface area contributed by atoms with E-state index >= 15 is 0 Å². The first kappa shape index (κ1) is 14.8. The molecular weight excluding hydrogens is 302 g/mol. The van der Waals surface area contributed by atoms with Crippen LogP contribution in [0.15, 0.2) is 59.2 Å². The highest BCUT2D eigenvalue weighted by molar-refractivity contribution is 5.53. The lowest BCUT2D eigenvalue weighted by molar-refractivity contribution is 0.131. The van der Waals surface area contributed by atoms with Crippen LogP contribution in [0.1, 0.15) is 25.1 Å². The minimum Gasteiger partial charge on any atom is -0.483 e. The Morgan fingerprint density at radius 2 is 1.92 bits per heavy atom. The summed E-state index contributed by atoms with van der Waals surface area (Å²) in [6.07, 6.45) is 2.53. The summed E-state index contributed by atoms with van der Waals surface area (Å²) in [7, 11) is 0. The molecule has 4 nitrogen and oxygen atoms in total. The van der Waals surface area contributed by atoms with Crippen LogP contribution in [0.2, 0.25) is 0 Å². The first-order valence-corrected chi connectivity index (χ1v) is 8.04. The molecule has 0 spiro atoms. The Balaban J connectivity index is 1.49. The summed E-state index contributed by atoms with van der Waals surface area (Å²) in [5, 5.41) is 0. The molecule has 0 N–H and O–H groups in total. The molecule has 122 valence electrons. The monoisotopic (exact) mass is 321 g/mol. The third-order valence-corrected chi connectivity index (χ3v) is 4.00. The maximum atomic E-state index is 6.02. The summed E-state index contributed by atoms with van der Waals surface area (Å²) in [5.74, 6) is 2.20. The van der Waals surface area contributed by atoms with Crippen LogP contribution in [0.3, 0.4) is 0 Å². The molecule has 3 aromatic rings. The Labute approximate surface area is 141 Å². The van der Waals surface area contributed by atoms with E-state index in [0.717, 1.165) is 29.2 Å². The Kier molecular flexibility index (Phi) is 3.53. The van der Waals surface area contributed by atoms with Crippen LogP contribution in [0, 0.1) is 0 Å². The number of para-hydroxylation sites is 1. The number of ether oxygens (including phenoxy) is 2. The van der Waals surface area contributed by atoms with E-state index in [4.69, 9.17) is 13.9 Å². The van der Waals surface area contributed by atoms with Gasteiger partial charge in [0.05, 0.1) is 0 Å². The average Bonchev–Trinajstić information content (AvgIpc) is 3.16. The fourth-order valence-corrected chi connectivity index (χ4v) is 2.94. The van der Waals surface area contributed by atoms with Crippen molar-refractivity contribution in [2.45, 2.75) is 32.5 Å². The zero-order chi connectivity index (χ0) is 16.6. The van der Waals surface area contributed by atoms with E-state index in [9.17, 15) is 0 Å². The van der Waals surface area contributed by atoms with E-state index in [1.807, 2.05) is 42.5 Å². The van der Waals surface area contributed by atoms with E-state index in [-0.39, 0.29) is 5.60 Å². The Morgan fingerprint density at radius 3 is 2.75 bits per heavy atom. The van der Waals surface area contributed by atoms with E-state index in [1.54, 1.807) is 6.26 Å². The molecule has 0 fully saturated rings. The lowest BCUT2D eigenvalue weighted by Crippen LogP contribution is -2.24. The van der Waals surface area contributed by atoms with Crippen LogP contribution >= 0.6 is 0 Å². The molecule has 0 aliphatic carbocycles. The molecule has 0 amide bonds. The number of oxazole rings is 1. The van der Waals surface area contributed by atoms with Gasteiger partial charge in [-0.05, 0) is 32.0 Å². The molecule has 24 heavy (non-hydrogen) atoms. The Morgan fingerprint density at radius 1 is 1.08 bits per heavy atom. The minimum atomic E-state index is -0.184. The van der Waals surface area contributed by atoms with Gasteiger partial charge in [-0.1, -0.05) is 30.3 Å². The first-order valence-electron chi connectivity index (χ1n) is 8.04. The summed E-state index contributed by atoms with van der Waals surface area (Å²) >= 11 is 0. The molecule has 0 atom stereocenters. The molecule has 1 aliphatic heterocycles.